The van der Waals surface area contributed by atoms with Gasteiger partial charge in [-0.2, -0.15) is 4.31 Å². The number of furan rings is 1. The van der Waals surface area contributed by atoms with Crippen molar-refractivity contribution in [1.29, 1.82) is 0 Å². The molecule has 9 nitrogen and oxygen atoms in total. The van der Waals surface area contributed by atoms with Gasteiger partial charge in [-0.3, -0.25) is 0 Å². The van der Waals surface area contributed by atoms with Crippen molar-refractivity contribution < 1.29 is 22.0 Å². The molecule has 5 rings (SSSR count). The molecule has 0 atom stereocenters. The number of para-hydroxylation sites is 2. The Morgan fingerprint density at radius 1 is 1.10 bits per heavy atom. The number of rotatable bonds is 6. The van der Waals surface area contributed by atoms with Gasteiger partial charge in [0.15, 0.2) is 0 Å². The van der Waals surface area contributed by atoms with Crippen LogP contribution in [-0.2, 0) is 10.0 Å². The highest BCUT2D eigenvalue weighted by atomic mass is 32.2. The summed E-state index contributed by atoms with van der Waals surface area (Å²) in [6, 6.07) is 9.19. The average Bonchev–Trinajstić information content (AvgIpc) is 3.43. The predicted octanol–water partition coefficient (Wildman–Crippen LogP) is 3.12. The lowest BCUT2D eigenvalue weighted by Gasteiger charge is -2.35. The maximum atomic E-state index is 13.1. The fourth-order valence-electron chi connectivity index (χ4n) is 3.92. The SMILES string of the molecule is COc1ccccc1N1CCN(S(=O)(=O)c2cc(-c3nnc(C4CCC4)o3)co2)CC1. The molecule has 0 N–H and O–H groups in total. The van der Waals surface area contributed by atoms with Crippen molar-refractivity contribution in [3.05, 3.63) is 42.5 Å². The molecular weight excluding hydrogens is 420 g/mol. The van der Waals surface area contributed by atoms with Gasteiger partial charge in [0.25, 0.3) is 15.9 Å². The van der Waals surface area contributed by atoms with Crippen LogP contribution >= 0.6 is 0 Å². The van der Waals surface area contributed by atoms with Crippen LogP contribution in [-0.4, -0.2) is 56.2 Å². The van der Waals surface area contributed by atoms with Crippen LogP contribution in [0.1, 0.15) is 31.1 Å². The van der Waals surface area contributed by atoms with Gasteiger partial charge in [0, 0.05) is 38.2 Å². The minimum Gasteiger partial charge on any atom is -0.495 e. The molecule has 10 heteroatoms. The molecule has 0 spiro atoms. The molecule has 1 aromatic carbocycles. The van der Waals surface area contributed by atoms with Gasteiger partial charge in [0.1, 0.15) is 12.0 Å². The molecule has 1 aliphatic heterocycles. The third-order valence-corrected chi connectivity index (χ3v) is 7.74. The van der Waals surface area contributed by atoms with E-state index in [1.807, 2.05) is 24.3 Å². The van der Waals surface area contributed by atoms with Crippen molar-refractivity contribution in [3.63, 3.8) is 0 Å². The summed E-state index contributed by atoms with van der Waals surface area (Å²) in [5.41, 5.74) is 1.44. The molecule has 164 valence electrons. The molecule has 0 bridgehead atoms. The highest BCUT2D eigenvalue weighted by molar-refractivity contribution is 7.89. The molecule has 1 saturated carbocycles. The average molecular weight is 445 g/mol. The largest absolute Gasteiger partial charge is 0.495 e. The molecule has 1 saturated heterocycles. The Morgan fingerprint density at radius 3 is 2.58 bits per heavy atom. The first kappa shape index (κ1) is 20.1. The summed E-state index contributed by atoms with van der Waals surface area (Å²) in [7, 11) is -2.12. The van der Waals surface area contributed by atoms with E-state index in [-0.39, 0.29) is 11.0 Å². The van der Waals surface area contributed by atoms with Crippen LogP contribution < -0.4 is 9.64 Å². The van der Waals surface area contributed by atoms with E-state index in [0.717, 1.165) is 24.3 Å². The number of anilines is 1. The maximum Gasteiger partial charge on any atom is 0.276 e. The fraction of sp³-hybridized carbons (Fsp3) is 0.429. The van der Waals surface area contributed by atoms with Crippen molar-refractivity contribution in [2.24, 2.45) is 0 Å². The molecule has 0 unspecified atom stereocenters. The molecule has 3 heterocycles. The number of nitrogens with zero attached hydrogens (tertiary/aromatic N) is 4. The Morgan fingerprint density at radius 2 is 1.87 bits per heavy atom. The predicted molar refractivity (Wildman–Crippen MR) is 113 cm³/mol. The Labute approximate surface area is 180 Å². The smallest absolute Gasteiger partial charge is 0.276 e. The summed E-state index contributed by atoms with van der Waals surface area (Å²) in [5, 5.41) is 8.03. The summed E-state index contributed by atoms with van der Waals surface area (Å²) in [5.74, 6) is 1.98. The Hall–Kier alpha value is -2.85. The van der Waals surface area contributed by atoms with Crippen LogP contribution in [0, 0.1) is 0 Å². The van der Waals surface area contributed by atoms with E-state index in [1.165, 1.54) is 23.1 Å². The first-order valence-electron chi connectivity index (χ1n) is 10.4. The molecular formula is C21H24N4O5S. The molecule has 0 radical (unpaired) electrons. The standard InChI is InChI=1S/C21H24N4O5S/c1-28-18-8-3-2-7-17(18)24-9-11-25(12-10-24)31(26,27)19-13-16(14-29-19)21-23-22-20(30-21)15-5-4-6-15/h2-3,7-8,13-15H,4-6,9-12H2,1H3. The van der Waals surface area contributed by atoms with Crippen LogP contribution in [0.3, 0.4) is 0 Å². The van der Waals surface area contributed by atoms with E-state index in [9.17, 15) is 8.42 Å². The topological polar surface area (TPSA) is 102 Å². The third kappa shape index (κ3) is 3.70. The molecule has 2 aromatic heterocycles. The number of hydrogen-bond donors (Lipinski definition) is 0. The number of benzene rings is 1. The van der Waals surface area contributed by atoms with Gasteiger partial charge in [-0.25, -0.2) is 8.42 Å². The minimum absolute atomic E-state index is 0.114. The summed E-state index contributed by atoms with van der Waals surface area (Å²) in [4.78, 5) is 2.12. The number of hydrogen-bond acceptors (Lipinski definition) is 8. The number of aromatic nitrogens is 2. The van der Waals surface area contributed by atoms with E-state index in [0.29, 0.717) is 43.6 Å². The van der Waals surface area contributed by atoms with Gasteiger partial charge in [0.2, 0.25) is 11.0 Å². The fourth-order valence-corrected chi connectivity index (χ4v) is 5.27. The van der Waals surface area contributed by atoms with Gasteiger partial charge in [0.05, 0.1) is 18.4 Å². The van der Waals surface area contributed by atoms with Crippen LogP contribution in [0.4, 0.5) is 5.69 Å². The van der Waals surface area contributed by atoms with Crippen molar-refractivity contribution in [3.8, 4) is 17.2 Å². The van der Waals surface area contributed by atoms with Gasteiger partial charge in [-0.1, -0.05) is 18.6 Å². The first-order chi connectivity index (χ1) is 15.1. The lowest BCUT2D eigenvalue weighted by Crippen LogP contribution is -2.48. The Bertz CT molecular complexity index is 1160. The van der Waals surface area contributed by atoms with Gasteiger partial charge in [-0.15, -0.1) is 10.2 Å². The quantitative estimate of drug-likeness (QED) is 0.572. The van der Waals surface area contributed by atoms with E-state index in [1.54, 1.807) is 7.11 Å². The molecule has 2 fully saturated rings. The second-order valence-electron chi connectivity index (χ2n) is 7.79. The highest BCUT2D eigenvalue weighted by Gasteiger charge is 2.32. The second-order valence-corrected chi connectivity index (χ2v) is 9.66. The maximum absolute atomic E-state index is 13.1. The zero-order chi connectivity index (χ0) is 21.4. The lowest BCUT2D eigenvalue weighted by molar-refractivity contribution is 0.338. The lowest BCUT2D eigenvalue weighted by atomic mass is 9.85. The zero-order valence-electron chi connectivity index (χ0n) is 17.2. The van der Waals surface area contributed by atoms with Crippen molar-refractivity contribution in [1.82, 2.24) is 14.5 Å². The summed E-state index contributed by atoms with van der Waals surface area (Å²) in [6.07, 6.45) is 4.62. The first-order valence-corrected chi connectivity index (χ1v) is 11.8. The third-order valence-electron chi connectivity index (χ3n) is 5.98. The minimum atomic E-state index is -3.75. The monoisotopic (exact) mass is 444 g/mol. The number of piperazine rings is 1. The number of methoxy groups -OCH3 is 1. The molecule has 1 aliphatic carbocycles. The van der Waals surface area contributed by atoms with Crippen molar-refractivity contribution >= 4 is 15.7 Å². The van der Waals surface area contributed by atoms with Crippen LogP contribution in [0.25, 0.3) is 11.5 Å². The molecule has 0 amide bonds. The van der Waals surface area contributed by atoms with E-state index in [2.05, 4.69) is 15.1 Å². The second kappa shape index (κ2) is 8.01. The zero-order valence-corrected chi connectivity index (χ0v) is 18.0. The highest BCUT2D eigenvalue weighted by Crippen LogP contribution is 2.37. The summed E-state index contributed by atoms with van der Waals surface area (Å²) >= 11 is 0. The molecule has 3 aromatic rings. The molecule has 31 heavy (non-hydrogen) atoms. The van der Waals surface area contributed by atoms with Crippen molar-refractivity contribution in [2.45, 2.75) is 30.3 Å². The van der Waals surface area contributed by atoms with E-state index >= 15 is 0 Å². The van der Waals surface area contributed by atoms with Crippen LogP contribution in [0.2, 0.25) is 0 Å². The van der Waals surface area contributed by atoms with Gasteiger partial charge >= 0.3 is 0 Å². The summed E-state index contributed by atoms with van der Waals surface area (Å²) in [6.45, 7) is 1.81. The Kier molecular flexibility index (Phi) is 5.19. The Balaban J connectivity index is 1.29. The van der Waals surface area contributed by atoms with Crippen LogP contribution in [0.15, 0.2) is 50.5 Å². The number of ether oxygens (including phenoxy) is 1. The van der Waals surface area contributed by atoms with Gasteiger partial charge in [-0.05, 0) is 25.0 Å². The van der Waals surface area contributed by atoms with E-state index in [4.69, 9.17) is 13.6 Å². The summed E-state index contributed by atoms with van der Waals surface area (Å²) < 4.78 is 44.2. The normalized spacial score (nSPS) is 18.2. The van der Waals surface area contributed by atoms with Crippen molar-refractivity contribution in [2.75, 3.05) is 38.2 Å². The van der Waals surface area contributed by atoms with Gasteiger partial charge < -0.3 is 18.5 Å². The van der Waals surface area contributed by atoms with Crippen LogP contribution in [0.5, 0.6) is 5.75 Å². The number of sulfonamides is 1. The molecule has 2 aliphatic rings. The van der Waals surface area contributed by atoms with E-state index < -0.39 is 10.0 Å².